The minimum Gasteiger partial charge on any atom is -0.465 e. The van der Waals surface area contributed by atoms with Crippen molar-refractivity contribution < 1.29 is 9.90 Å². The van der Waals surface area contributed by atoms with Gasteiger partial charge in [-0.15, -0.1) is 0 Å². The normalized spacial score (nSPS) is 12.6. The van der Waals surface area contributed by atoms with E-state index in [2.05, 4.69) is 28.2 Å². The van der Waals surface area contributed by atoms with Gasteiger partial charge in [0, 0.05) is 0 Å². The van der Waals surface area contributed by atoms with Crippen LogP contribution in [0.25, 0.3) is 0 Å². The van der Waals surface area contributed by atoms with Crippen LogP contribution in [-0.2, 0) is 0 Å². The molecule has 0 saturated heterocycles. The van der Waals surface area contributed by atoms with Gasteiger partial charge >= 0.3 is 6.09 Å². The molecule has 0 fully saturated rings. The van der Waals surface area contributed by atoms with Gasteiger partial charge in [0.05, 0.1) is 4.95 Å². The van der Waals surface area contributed by atoms with E-state index in [0.29, 0.717) is 0 Å². The van der Waals surface area contributed by atoms with Crippen molar-refractivity contribution in [2.45, 2.75) is 31.1 Å². The first-order valence-corrected chi connectivity index (χ1v) is 4.22. The van der Waals surface area contributed by atoms with Gasteiger partial charge in [0.1, 0.15) is 0 Å². The summed E-state index contributed by atoms with van der Waals surface area (Å²) in [5, 5.41) is 10.6. The highest BCUT2D eigenvalue weighted by Crippen LogP contribution is 2.05. The van der Waals surface area contributed by atoms with Crippen molar-refractivity contribution in [2.75, 3.05) is 0 Å². The predicted octanol–water partition coefficient (Wildman–Crippen LogP) is 2.17. The zero-order valence-electron chi connectivity index (χ0n) is 5.93. The van der Waals surface area contributed by atoms with Crippen LogP contribution in [0.4, 0.5) is 4.79 Å². The Kier molecular flexibility index (Phi) is 5.39. The summed E-state index contributed by atoms with van der Waals surface area (Å²) in [6.45, 7) is 2.07. The highest BCUT2D eigenvalue weighted by Gasteiger charge is 2.04. The smallest absolute Gasteiger partial charge is 0.405 e. The fraction of sp³-hybridized carbons (Fsp3) is 0.833. The first kappa shape index (κ1) is 9.75. The van der Waals surface area contributed by atoms with Crippen LogP contribution in [0.1, 0.15) is 26.2 Å². The Balaban J connectivity index is 3.25. The van der Waals surface area contributed by atoms with Crippen molar-refractivity contribution in [1.29, 1.82) is 0 Å². The maximum Gasteiger partial charge on any atom is 0.405 e. The van der Waals surface area contributed by atoms with Crippen LogP contribution in [0.2, 0.25) is 0 Å². The topological polar surface area (TPSA) is 49.3 Å². The molecule has 0 aliphatic heterocycles. The summed E-state index contributed by atoms with van der Waals surface area (Å²) in [4.78, 5) is 9.94. The van der Waals surface area contributed by atoms with Crippen LogP contribution < -0.4 is 5.32 Å². The van der Waals surface area contributed by atoms with Crippen molar-refractivity contribution in [3.05, 3.63) is 0 Å². The van der Waals surface area contributed by atoms with Crippen LogP contribution in [0.15, 0.2) is 0 Å². The number of alkyl halides is 1. The number of nitrogens with one attached hydrogen (secondary N) is 1. The van der Waals surface area contributed by atoms with Crippen LogP contribution >= 0.6 is 15.9 Å². The number of amides is 1. The molecule has 1 atom stereocenters. The molecule has 1 amide bonds. The maximum atomic E-state index is 10.0. The Labute approximate surface area is 68.9 Å². The zero-order chi connectivity index (χ0) is 7.98. The molecule has 2 N–H and O–H groups in total. The molecule has 10 heavy (non-hydrogen) atoms. The van der Waals surface area contributed by atoms with E-state index < -0.39 is 6.09 Å². The number of unbranched alkanes of at least 4 members (excludes halogenated alkanes) is 1. The first-order chi connectivity index (χ1) is 4.66. The van der Waals surface area contributed by atoms with E-state index in [1.807, 2.05) is 0 Å². The molecule has 0 spiro atoms. The monoisotopic (exact) mass is 209 g/mol. The SMILES string of the molecule is CCCCC(Br)NC(=O)O. The number of halogens is 1. The van der Waals surface area contributed by atoms with Crippen molar-refractivity contribution in [3.63, 3.8) is 0 Å². The van der Waals surface area contributed by atoms with Crippen LogP contribution in [-0.4, -0.2) is 16.2 Å². The minimum atomic E-state index is -0.974. The average Bonchev–Trinajstić information content (AvgIpc) is 1.82. The van der Waals surface area contributed by atoms with E-state index in [4.69, 9.17) is 5.11 Å². The molecular weight excluding hydrogens is 198 g/mol. The molecule has 3 nitrogen and oxygen atoms in total. The van der Waals surface area contributed by atoms with E-state index in [-0.39, 0.29) is 4.95 Å². The number of carbonyl (C=O) groups is 1. The second kappa shape index (κ2) is 5.53. The summed E-state index contributed by atoms with van der Waals surface area (Å²) in [7, 11) is 0. The van der Waals surface area contributed by atoms with Crippen LogP contribution in [0.3, 0.4) is 0 Å². The lowest BCUT2D eigenvalue weighted by molar-refractivity contribution is 0.193. The van der Waals surface area contributed by atoms with Crippen LogP contribution in [0, 0.1) is 0 Å². The van der Waals surface area contributed by atoms with Gasteiger partial charge in [-0.25, -0.2) is 4.79 Å². The fourth-order valence-corrected chi connectivity index (χ4v) is 1.11. The Bertz CT molecular complexity index is 108. The summed E-state index contributed by atoms with van der Waals surface area (Å²) >= 11 is 3.19. The maximum absolute atomic E-state index is 10.0. The summed E-state index contributed by atoms with van der Waals surface area (Å²) in [5.74, 6) is 0. The lowest BCUT2D eigenvalue weighted by Crippen LogP contribution is -2.28. The van der Waals surface area contributed by atoms with Gasteiger partial charge in [0.25, 0.3) is 0 Å². The largest absolute Gasteiger partial charge is 0.465 e. The minimum absolute atomic E-state index is 0.0926. The van der Waals surface area contributed by atoms with Crippen molar-refractivity contribution in [2.24, 2.45) is 0 Å². The molecule has 60 valence electrons. The predicted molar refractivity (Wildman–Crippen MR) is 43.4 cm³/mol. The van der Waals surface area contributed by atoms with Crippen LogP contribution in [0.5, 0.6) is 0 Å². The first-order valence-electron chi connectivity index (χ1n) is 3.30. The highest BCUT2D eigenvalue weighted by molar-refractivity contribution is 9.09. The lowest BCUT2D eigenvalue weighted by Gasteiger charge is -2.07. The number of hydrogen-bond acceptors (Lipinski definition) is 1. The number of hydrogen-bond donors (Lipinski definition) is 2. The standard InChI is InChI=1S/C6H12BrNO2/c1-2-3-4-5(7)8-6(9)10/h5,8H,2-4H2,1H3,(H,9,10). The van der Waals surface area contributed by atoms with Crippen molar-refractivity contribution in [1.82, 2.24) is 5.32 Å². The third kappa shape index (κ3) is 5.88. The van der Waals surface area contributed by atoms with Crippen molar-refractivity contribution >= 4 is 22.0 Å². The molecule has 1 unspecified atom stereocenters. The average molecular weight is 210 g/mol. The molecule has 0 saturated carbocycles. The molecule has 0 heterocycles. The molecule has 0 bridgehead atoms. The fourth-order valence-electron chi connectivity index (χ4n) is 0.589. The molecule has 0 aliphatic carbocycles. The van der Waals surface area contributed by atoms with Gasteiger partial charge in [0.15, 0.2) is 0 Å². The number of rotatable bonds is 4. The quantitative estimate of drug-likeness (QED) is 0.551. The summed E-state index contributed by atoms with van der Waals surface area (Å²) in [6.07, 6.45) is 2.00. The molecule has 0 radical (unpaired) electrons. The molecule has 0 aliphatic rings. The summed E-state index contributed by atoms with van der Waals surface area (Å²) < 4.78 is 0. The Morgan fingerprint density at radius 2 is 2.40 bits per heavy atom. The molecule has 0 rings (SSSR count). The van der Waals surface area contributed by atoms with E-state index in [1.54, 1.807) is 0 Å². The summed E-state index contributed by atoms with van der Waals surface area (Å²) in [5.41, 5.74) is 0. The van der Waals surface area contributed by atoms with E-state index in [0.717, 1.165) is 19.3 Å². The van der Waals surface area contributed by atoms with E-state index >= 15 is 0 Å². The van der Waals surface area contributed by atoms with Crippen molar-refractivity contribution in [3.8, 4) is 0 Å². The molecule has 4 heteroatoms. The van der Waals surface area contributed by atoms with Gasteiger partial charge in [0.2, 0.25) is 0 Å². The summed E-state index contributed by atoms with van der Waals surface area (Å²) in [6, 6.07) is 0. The van der Waals surface area contributed by atoms with Gasteiger partial charge in [-0.3, -0.25) is 0 Å². The number of carboxylic acid groups (broad SMARTS) is 1. The third-order valence-electron chi connectivity index (χ3n) is 1.09. The molecule has 0 aromatic heterocycles. The Morgan fingerprint density at radius 1 is 1.80 bits per heavy atom. The zero-order valence-corrected chi connectivity index (χ0v) is 7.52. The molecular formula is C6H12BrNO2. The Hall–Kier alpha value is -0.250. The second-order valence-electron chi connectivity index (χ2n) is 2.06. The van der Waals surface area contributed by atoms with Gasteiger partial charge in [-0.1, -0.05) is 35.7 Å². The van der Waals surface area contributed by atoms with E-state index in [1.165, 1.54) is 0 Å². The van der Waals surface area contributed by atoms with Gasteiger partial charge in [-0.05, 0) is 6.42 Å². The second-order valence-corrected chi connectivity index (χ2v) is 3.16. The van der Waals surface area contributed by atoms with Gasteiger partial charge < -0.3 is 10.4 Å². The molecule has 0 aromatic rings. The molecule has 0 aromatic carbocycles. The van der Waals surface area contributed by atoms with Gasteiger partial charge in [-0.2, -0.15) is 0 Å². The van der Waals surface area contributed by atoms with E-state index in [9.17, 15) is 4.79 Å². The highest BCUT2D eigenvalue weighted by atomic mass is 79.9. The lowest BCUT2D eigenvalue weighted by atomic mass is 10.2. The third-order valence-corrected chi connectivity index (χ3v) is 1.78. The Morgan fingerprint density at radius 3 is 2.80 bits per heavy atom.